The molecule has 0 saturated carbocycles. The Morgan fingerprint density at radius 1 is 1.40 bits per heavy atom. The van der Waals surface area contributed by atoms with Crippen LogP contribution in [0.15, 0.2) is 23.1 Å². The third-order valence-corrected chi connectivity index (χ3v) is 5.79. The number of sulfonamides is 1. The minimum absolute atomic E-state index is 0.0688. The fourth-order valence-electron chi connectivity index (χ4n) is 2.36. The average molecular weight is 319 g/mol. The zero-order valence-electron chi connectivity index (χ0n) is 11.0. The predicted octanol–water partition coefficient (Wildman–Crippen LogP) is 2.81. The van der Waals surface area contributed by atoms with Crippen molar-refractivity contribution in [2.75, 3.05) is 6.54 Å². The zero-order chi connectivity index (χ0) is 14.9. The Labute approximate surface area is 122 Å². The molecule has 0 aliphatic carbocycles. The summed E-state index contributed by atoms with van der Waals surface area (Å²) in [5, 5.41) is 10.8. The minimum Gasteiger partial charge on any atom is -0.258 e. The van der Waals surface area contributed by atoms with E-state index in [1.807, 2.05) is 6.92 Å². The second-order valence-corrected chi connectivity index (χ2v) is 7.13. The van der Waals surface area contributed by atoms with Gasteiger partial charge in [-0.1, -0.05) is 18.0 Å². The molecule has 1 fully saturated rings. The highest BCUT2D eigenvalue weighted by Gasteiger charge is 2.32. The molecule has 8 heteroatoms. The summed E-state index contributed by atoms with van der Waals surface area (Å²) in [5.41, 5.74) is -0.391. The molecule has 20 heavy (non-hydrogen) atoms. The third-order valence-electron chi connectivity index (χ3n) is 3.46. The number of nitrogens with zero attached hydrogens (tertiary/aromatic N) is 2. The van der Waals surface area contributed by atoms with Gasteiger partial charge in [0, 0.05) is 18.7 Å². The van der Waals surface area contributed by atoms with Crippen LogP contribution in [-0.4, -0.2) is 30.2 Å². The van der Waals surface area contributed by atoms with Gasteiger partial charge in [-0.25, -0.2) is 8.42 Å². The Morgan fingerprint density at radius 3 is 2.70 bits per heavy atom. The summed E-state index contributed by atoms with van der Waals surface area (Å²) in [6, 6.07) is 3.50. The summed E-state index contributed by atoms with van der Waals surface area (Å²) in [4.78, 5) is 10.1. The number of nitro benzene ring substituents is 1. The van der Waals surface area contributed by atoms with Crippen molar-refractivity contribution in [2.24, 2.45) is 0 Å². The first-order chi connectivity index (χ1) is 9.34. The summed E-state index contributed by atoms with van der Waals surface area (Å²) >= 11 is 5.71. The van der Waals surface area contributed by atoms with Gasteiger partial charge < -0.3 is 0 Å². The van der Waals surface area contributed by atoms with Crippen LogP contribution >= 0.6 is 11.6 Å². The van der Waals surface area contributed by atoms with Crippen LogP contribution in [0.4, 0.5) is 5.69 Å². The highest BCUT2D eigenvalue weighted by Crippen LogP contribution is 2.30. The topological polar surface area (TPSA) is 80.5 Å². The van der Waals surface area contributed by atoms with Crippen molar-refractivity contribution in [3.8, 4) is 0 Å². The fourth-order valence-corrected chi connectivity index (χ4v) is 4.26. The highest BCUT2D eigenvalue weighted by molar-refractivity contribution is 7.89. The van der Waals surface area contributed by atoms with Gasteiger partial charge in [0.1, 0.15) is 5.02 Å². The highest BCUT2D eigenvalue weighted by atomic mass is 35.5. The molecule has 0 amide bonds. The van der Waals surface area contributed by atoms with Crippen LogP contribution in [-0.2, 0) is 10.0 Å². The van der Waals surface area contributed by atoms with Gasteiger partial charge in [-0.3, -0.25) is 10.1 Å². The van der Waals surface area contributed by atoms with Crippen molar-refractivity contribution in [1.82, 2.24) is 4.31 Å². The molecule has 0 unspecified atom stereocenters. The van der Waals surface area contributed by atoms with Gasteiger partial charge in [-0.15, -0.1) is 0 Å². The quantitative estimate of drug-likeness (QED) is 0.634. The van der Waals surface area contributed by atoms with Gasteiger partial charge in [-0.2, -0.15) is 4.31 Å². The van der Waals surface area contributed by atoms with E-state index in [0.29, 0.717) is 6.54 Å². The van der Waals surface area contributed by atoms with Crippen LogP contribution in [0.5, 0.6) is 0 Å². The maximum Gasteiger partial charge on any atom is 0.289 e. The van der Waals surface area contributed by atoms with E-state index >= 15 is 0 Å². The van der Waals surface area contributed by atoms with E-state index in [2.05, 4.69) is 0 Å². The van der Waals surface area contributed by atoms with E-state index in [4.69, 9.17) is 11.6 Å². The molecule has 1 heterocycles. The van der Waals surface area contributed by atoms with E-state index in [1.165, 1.54) is 16.4 Å². The standard InChI is InChI=1S/C12H15ClN2O4S/c1-9-4-2-3-7-14(9)20(18,19)10-5-6-11(13)12(8-10)15(16)17/h5-6,8-9H,2-4,7H2,1H3/t9-/m1/s1. The van der Waals surface area contributed by atoms with Crippen LogP contribution in [0.25, 0.3) is 0 Å². The third kappa shape index (κ3) is 2.79. The van der Waals surface area contributed by atoms with Crippen molar-refractivity contribution in [3.05, 3.63) is 33.3 Å². The molecule has 1 aliphatic rings. The lowest BCUT2D eigenvalue weighted by Gasteiger charge is -2.32. The van der Waals surface area contributed by atoms with Crippen molar-refractivity contribution in [1.29, 1.82) is 0 Å². The summed E-state index contributed by atoms with van der Waals surface area (Å²) in [6.07, 6.45) is 2.60. The molecule has 0 spiro atoms. The summed E-state index contributed by atoms with van der Waals surface area (Å²) in [7, 11) is -3.71. The van der Waals surface area contributed by atoms with E-state index in [9.17, 15) is 18.5 Å². The Hall–Kier alpha value is -1.18. The molecule has 1 atom stereocenters. The van der Waals surface area contributed by atoms with Gasteiger partial charge in [0.25, 0.3) is 5.69 Å². The number of nitro groups is 1. The van der Waals surface area contributed by atoms with Crippen LogP contribution in [0.3, 0.4) is 0 Å². The Morgan fingerprint density at radius 2 is 2.10 bits per heavy atom. The lowest BCUT2D eigenvalue weighted by atomic mass is 10.1. The van der Waals surface area contributed by atoms with E-state index in [0.717, 1.165) is 25.3 Å². The molecule has 0 bridgehead atoms. The Bertz CT molecular complexity index is 632. The van der Waals surface area contributed by atoms with Crippen molar-refractivity contribution in [3.63, 3.8) is 0 Å². The van der Waals surface area contributed by atoms with E-state index < -0.39 is 20.6 Å². The molecule has 2 rings (SSSR count). The van der Waals surface area contributed by atoms with E-state index in [-0.39, 0.29) is 16.0 Å². The van der Waals surface area contributed by atoms with Crippen LogP contribution in [0, 0.1) is 10.1 Å². The number of hydrogen-bond donors (Lipinski definition) is 0. The van der Waals surface area contributed by atoms with Gasteiger partial charge in [-0.05, 0) is 31.9 Å². The molecule has 0 aromatic heterocycles. The zero-order valence-corrected chi connectivity index (χ0v) is 12.5. The Kier molecular flexibility index (Phi) is 4.31. The van der Waals surface area contributed by atoms with Crippen LogP contribution in [0.1, 0.15) is 26.2 Å². The van der Waals surface area contributed by atoms with Gasteiger partial charge in [0.05, 0.1) is 9.82 Å². The number of hydrogen-bond acceptors (Lipinski definition) is 4. The summed E-state index contributed by atoms with van der Waals surface area (Å²) < 4.78 is 26.5. The normalized spacial score (nSPS) is 20.8. The first-order valence-corrected chi connectivity index (χ1v) is 8.11. The second-order valence-electron chi connectivity index (χ2n) is 4.83. The van der Waals surface area contributed by atoms with Crippen molar-refractivity contribution < 1.29 is 13.3 Å². The Balaban J connectivity index is 2.44. The number of piperidine rings is 1. The largest absolute Gasteiger partial charge is 0.289 e. The average Bonchev–Trinajstić information content (AvgIpc) is 2.38. The molecule has 110 valence electrons. The minimum atomic E-state index is -3.71. The van der Waals surface area contributed by atoms with Crippen LogP contribution < -0.4 is 0 Å². The lowest BCUT2D eigenvalue weighted by Crippen LogP contribution is -2.41. The van der Waals surface area contributed by atoms with Gasteiger partial charge in [0.15, 0.2) is 0 Å². The first-order valence-electron chi connectivity index (χ1n) is 6.30. The van der Waals surface area contributed by atoms with Crippen LogP contribution in [0.2, 0.25) is 5.02 Å². The molecule has 1 aromatic rings. The van der Waals surface area contributed by atoms with Crippen molar-refractivity contribution in [2.45, 2.75) is 37.1 Å². The van der Waals surface area contributed by atoms with Gasteiger partial charge >= 0.3 is 0 Å². The maximum atomic E-state index is 12.5. The molecule has 1 aliphatic heterocycles. The molecule has 1 aromatic carbocycles. The van der Waals surface area contributed by atoms with Crippen molar-refractivity contribution >= 4 is 27.3 Å². The summed E-state index contributed by atoms with van der Waals surface area (Å²) in [6.45, 7) is 2.29. The molecular formula is C12H15ClN2O4S. The summed E-state index contributed by atoms with van der Waals surface area (Å²) in [5.74, 6) is 0. The monoisotopic (exact) mass is 318 g/mol. The van der Waals surface area contributed by atoms with E-state index in [1.54, 1.807) is 0 Å². The lowest BCUT2D eigenvalue weighted by molar-refractivity contribution is -0.384. The number of halogens is 1. The molecule has 0 N–H and O–H groups in total. The molecule has 6 nitrogen and oxygen atoms in total. The second kappa shape index (κ2) is 5.67. The fraction of sp³-hybridized carbons (Fsp3) is 0.500. The smallest absolute Gasteiger partial charge is 0.258 e. The number of rotatable bonds is 3. The SMILES string of the molecule is C[C@@H]1CCCCN1S(=O)(=O)c1ccc(Cl)c([N+](=O)[O-])c1. The molecular weight excluding hydrogens is 304 g/mol. The maximum absolute atomic E-state index is 12.5. The first kappa shape index (κ1) is 15.2. The predicted molar refractivity (Wildman–Crippen MR) is 75.3 cm³/mol. The molecule has 0 radical (unpaired) electrons. The van der Waals surface area contributed by atoms with Gasteiger partial charge in [0.2, 0.25) is 10.0 Å². The number of benzene rings is 1. The molecule has 1 saturated heterocycles.